The molecule has 0 saturated carbocycles. The molecule has 0 aliphatic carbocycles. The molecular formula is C22H24N2O9. The lowest BCUT2D eigenvalue weighted by atomic mass is 10.1. The summed E-state index contributed by atoms with van der Waals surface area (Å²) in [7, 11) is 1.31. The SMILES string of the molecule is CCOC(=O)CN(C(=O)COC(=O)c1cc(OC)c(OCC)cc1[N+](=O)[O-])c1ccccc1. The van der Waals surface area contributed by atoms with Crippen LogP contribution in [0.4, 0.5) is 11.4 Å². The van der Waals surface area contributed by atoms with Gasteiger partial charge < -0.3 is 18.9 Å². The van der Waals surface area contributed by atoms with E-state index in [0.717, 1.165) is 17.0 Å². The number of nitro benzene ring substituents is 1. The van der Waals surface area contributed by atoms with Crippen LogP contribution in [0.25, 0.3) is 0 Å². The molecule has 0 radical (unpaired) electrons. The number of carbonyl (C=O) groups is 3. The van der Waals surface area contributed by atoms with E-state index in [0.29, 0.717) is 5.69 Å². The summed E-state index contributed by atoms with van der Waals surface area (Å²) < 4.78 is 20.4. The Hall–Kier alpha value is -4.15. The van der Waals surface area contributed by atoms with Crippen molar-refractivity contribution in [3.05, 3.63) is 58.1 Å². The summed E-state index contributed by atoms with van der Waals surface area (Å²) in [6, 6.07) is 10.4. The largest absolute Gasteiger partial charge is 0.493 e. The van der Waals surface area contributed by atoms with E-state index in [1.807, 2.05) is 0 Å². The lowest BCUT2D eigenvalue weighted by Gasteiger charge is -2.21. The van der Waals surface area contributed by atoms with Gasteiger partial charge in [-0.2, -0.15) is 0 Å². The molecule has 0 bridgehead atoms. The van der Waals surface area contributed by atoms with Gasteiger partial charge in [0.15, 0.2) is 18.1 Å². The highest BCUT2D eigenvalue weighted by Gasteiger charge is 2.28. The zero-order chi connectivity index (χ0) is 24.4. The summed E-state index contributed by atoms with van der Waals surface area (Å²) in [5, 5.41) is 11.5. The Kier molecular flexibility index (Phi) is 9.16. The van der Waals surface area contributed by atoms with E-state index >= 15 is 0 Å². The van der Waals surface area contributed by atoms with Gasteiger partial charge in [-0.05, 0) is 26.0 Å². The number of rotatable bonds is 11. The van der Waals surface area contributed by atoms with E-state index in [1.54, 1.807) is 44.2 Å². The highest BCUT2D eigenvalue weighted by Crippen LogP contribution is 2.35. The van der Waals surface area contributed by atoms with Crippen LogP contribution >= 0.6 is 0 Å². The summed E-state index contributed by atoms with van der Waals surface area (Å²) in [5.74, 6) is -2.30. The van der Waals surface area contributed by atoms with Gasteiger partial charge in [0.05, 0.1) is 31.3 Å². The standard InChI is InChI=1S/C22H24N2O9/c1-4-31-19-12-17(24(28)29)16(11-18(19)30-3)22(27)33-14-20(25)23(13-21(26)32-5-2)15-9-7-6-8-10-15/h6-12H,4-5,13-14H2,1-3H3. The second kappa shape index (κ2) is 12.0. The predicted octanol–water partition coefficient (Wildman–Crippen LogP) is 2.76. The molecule has 11 nitrogen and oxygen atoms in total. The molecular weight excluding hydrogens is 436 g/mol. The zero-order valence-corrected chi connectivity index (χ0v) is 18.4. The van der Waals surface area contributed by atoms with Gasteiger partial charge in [0.25, 0.3) is 11.6 Å². The number of benzene rings is 2. The Morgan fingerprint density at radius 2 is 1.70 bits per heavy atom. The van der Waals surface area contributed by atoms with E-state index in [2.05, 4.69) is 0 Å². The van der Waals surface area contributed by atoms with Crippen molar-refractivity contribution < 1.29 is 38.3 Å². The highest BCUT2D eigenvalue weighted by molar-refractivity contribution is 6.01. The third kappa shape index (κ3) is 6.66. The van der Waals surface area contributed by atoms with Crippen LogP contribution in [0, 0.1) is 10.1 Å². The maximum absolute atomic E-state index is 12.8. The number of carbonyl (C=O) groups excluding carboxylic acids is 3. The Labute approximate surface area is 189 Å². The van der Waals surface area contributed by atoms with Crippen LogP contribution in [0.5, 0.6) is 11.5 Å². The van der Waals surface area contributed by atoms with Crippen LogP contribution in [-0.2, 0) is 19.1 Å². The van der Waals surface area contributed by atoms with Gasteiger partial charge in [-0.15, -0.1) is 0 Å². The molecule has 0 fully saturated rings. The minimum atomic E-state index is -1.11. The Morgan fingerprint density at radius 3 is 2.27 bits per heavy atom. The van der Waals surface area contributed by atoms with Crippen molar-refractivity contribution in [3.8, 4) is 11.5 Å². The van der Waals surface area contributed by atoms with Crippen molar-refractivity contribution in [1.29, 1.82) is 0 Å². The van der Waals surface area contributed by atoms with Gasteiger partial charge in [-0.25, -0.2) is 4.79 Å². The first-order valence-corrected chi connectivity index (χ1v) is 9.99. The molecule has 176 valence electrons. The summed E-state index contributed by atoms with van der Waals surface area (Å²) in [4.78, 5) is 49.1. The molecule has 2 rings (SSSR count). The molecule has 0 heterocycles. The van der Waals surface area contributed by atoms with Gasteiger partial charge in [0.1, 0.15) is 12.1 Å². The van der Waals surface area contributed by atoms with Crippen LogP contribution in [0.2, 0.25) is 0 Å². The number of amides is 1. The van der Waals surface area contributed by atoms with Gasteiger partial charge in [-0.3, -0.25) is 24.6 Å². The first-order valence-electron chi connectivity index (χ1n) is 9.99. The van der Waals surface area contributed by atoms with Crippen LogP contribution in [-0.4, -0.2) is 56.2 Å². The number of ether oxygens (including phenoxy) is 4. The molecule has 2 aromatic carbocycles. The summed E-state index contributed by atoms with van der Waals surface area (Å²) in [6.07, 6.45) is 0. The van der Waals surface area contributed by atoms with Crippen molar-refractivity contribution in [1.82, 2.24) is 0 Å². The minimum absolute atomic E-state index is 0.0871. The fraction of sp³-hybridized carbons (Fsp3) is 0.318. The molecule has 2 aromatic rings. The van der Waals surface area contributed by atoms with Crippen LogP contribution < -0.4 is 14.4 Å². The molecule has 11 heteroatoms. The third-order valence-corrected chi connectivity index (χ3v) is 4.29. The number of nitrogens with zero attached hydrogens (tertiary/aromatic N) is 2. The third-order valence-electron chi connectivity index (χ3n) is 4.29. The number of para-hydroxylation sites is 1. The number of nitro groups is 1. The van der Waals surface area contributed by atoms with E-state index in [9.17, 15) is 24.5 Å². The molecule has 33 heavy (non-hydrogen) atoms. The average Bonchev–Trinajstić information content (AvgIpc) is 2.81. The van der Waals surface area contributed by atoms with Crippen molar-refractivity contribution >= 4 is 29.2 Å². The fourth-order valence-electron chi connectivity index (χ4n) is 2.84. The molecule has 0 spiro atoms. The number of methoxy groups -OCH3 is 1. The van der Waals surface area contributed by atoms with Gasteiger partial charge in [-0.1, -0.05) is 18.2 Å². The van der Waals surface area contributed by atoms with Gasteiger partial charge in [0.2, 0.25) is 0 Å². The van der Waals surface area contributed by atoms with Crippen molar-refractivity contribution in [2.45, 2.75) is 13.8 Å². The van der Waals surface area contributed by atoms with E-state index in [-0.39, 0.29) is 24.7 Å². The Morgan fingerprint density at radius 1 is 1.00 bits per heavy atom. The quantitative estimate of drug-likeness (QED) is 0.282. The number of anilines is 1. The molecule has 0 saturated heterocycles. The maximum Gasteiger partial charge on any atom is 0.345 e. The second-order valence-corrected chi connectivity index (χ2v) is 6.41. The number of hydrogen-bond donors (Lipinski definition) is 0. The van der Waals surface area contributed by atoms with Gasteiger partial charge >= 0.3 is 11.9 Å². The predicted molar refractivity (Wildman–Crippen MR) is 117 cm³/mol. The number of hydrogen-bond acceptors (Lipinski definition) is 9. The average molecular weight is 460 g/mol. The summed E-state index contributed by atoms with van der Waals surface area (Å²) >= 11 is 0. The van der Waals surface area contributed by atoms with Gasteiger partial charge in [0, 0.05) is 11.8 Å². The van der Waals surface area contributed by atoms with E-state index in [4.69, 9.17) is 18.9 Å². The normalized spacial score (nSPS) is 10.2. The zero-order valence-electron chi connectivity index (χ0n) is 18.4. The van der Waals surface area contributed by atoms with Crippen molar-refractivity contribution in [3.63, 3.8) is 0 Å². The van der Waals surface area contributed by atoms with Crippen molar-refractivity contribution in [2.75, 3.05) is 38.4 Å². The summed E-state index contributed by atoms with van der Waals surface area (Å²) in [5.41, 5.74) is -0.590. The topological polar surface area (TPSA) is 135 Å². The highest BCUT2D eigenvalue weighted by atomic mass is 16.6. The lowest BCUT2D eigenvalue weighted by molar-refractivity contribution is -0.385. The van der Waals surface area contributed by atoms with Crippen molar-refractivity contribution in [2.24, 2.45) is 0 Å². The van der Waals surface area contributed by atoms with Crippen LogP contribution in [0.15, 0.2) is 42.5 Å². The second-order valence-electron chi connectivity index (χ2n) is 6.41. The van der Waals surface area contributed by atoms with Crippen LogP contribution in [0.1, 0.15) is 24.2 Å². The monoisotopic (exact) mass is 460 g/mol. The molecule has 0 atom stereocenters. The molecule has 0 aromatic heterocycles. The van der Waals surface area contributed by atoms with E-state index < -0.39 is 47.2 Å². The maximum atomic E-state index is 12.8. The molecule has 0 aliphatic heterocycles. The molecule has 0 aliphatic rings. The summed E-state index contributed by atoms with van der Waals surface area (Å²) in [6.45, 7) is 2.51. The van der Waals surface area contributed by atoms with Crippen LogP contribution in [0.3, 0.4) is 0 Å². The minimum Gasteiger partial charge on any atom is -0.493 e. The smallest absolute Gasteiger partial charge is 0.345 e. The first kappa shape index (κ1) is 25.1. The molecule has 1 amide bonds. The Balaban J connectivity index is 2.24. The fourth-order valence-corrected chi connectivity index (χ4v) is 2.84. The molecule has 0 N–H and O–H groups in total. The Bertz CT molecular complexity index is 1010. The lowest BCUT2D eigenvalue weighted by Crippen LogP contribution is -2.39. The van der Waals surface area contributed by atoms with E-state index in [1.165, 1.54) is 7.11 Å². The molecule has 0 unspecified atom stereocenters. The first-order chi connectivity index (χ1) is 15.8. The number of esters is 2.